The van der Waals surface area contributed by atoms with Gasteiger partial charge in [0, 0.05) is 12.0 Å². The van der Waals surface area contributed by atoms with Gasteiger partial charge in [-0.05, 0) is 23.8 Å². The molecule has 0 fully saturated rings. The Morgan fingerprint density at radius 2 is 2.22 bits per heavy atom. The third kappa shape index (κ3) is 3.12. The van der Waals surface area contributed by atoms with Gasteiger partial charge in [-0.2, -0.15) is 0 Å². The molecule has 1 aliphatic carbocycles. The van der Waals surface area contributed by atoms with Gasteiger partial charge in [-0.15, -0.1) is 10.2 Å². The largest absolute Gasteiger partial charge is 0.462 e. The van der Waals surface area contributed by atoms with Crippen molar-refractivity contribution in [1.29, 1.82) is 0 Å². The van der Waals surface area contributed by atoms with E-state index in [1.807, 2.05) is 0 Å². The molecule has 0 bridgehead atoms. The molecule has 5 heteroatoms. The molecule has 1 heterocycles. The molecule has 0 unspecified atom stereocenters. The topological polar surface area (TPSA) is 63.4 Å². The fourth-order valence-electron chi connectivity index (χ4n) is 1.83. The van der Waals surface area contributed by atoms with Crippen molar-refractivity contribution in [3.05, 3.63) is 23.4 Å². The van der Waals surface area contributed by atoms with E-state index in [0.29, 0.717) is 18.6 Å². The number of rotatable bonds is 6. The maximum Gasteiger partial charge on any atom is 0.334 e. The van der Waals surface area contributed by atoms with E-state index >= 15 is 0 Å². The van der Waals surface area contributed by atoms with E-state index in [9.17, 15) is 4.79 Å². The molecule has 0 saturated heterocycles. The molecule has 0 aromatic carbocycles. The summed E-state index contributed by atoms with van der Waals surface area (Å²) in [6, 6.07) is 0. The standard InChI is InChI=1S/C13H17N3O2/c1-2-3-4-5-8-18-13(17)10-6-7-11-12(9-10)15-16-14-11/h6-7H,2-5,8-9H2,1H3. The molecule has 2 aliphatic rings. The van der Waals surface area contributed by atoms with Gasteiger partial charge in [-0.25, -0.2) is 4.79 Å². The highest BCUT2D eigenvalue weighted by atomic mass is 16.5. The van der Waals surface area contributed by atoms with Crippen LogP contribution in [0.3, 0.4) is 0 Å². The average Bonchev–Trinajstić information content (AvgIpc) is 2.85. The van der Waals surface area contributed by atoms with Crippen molar-refractivity contribution >= 4 is 11.7 Å². The van der Waals surface area contributed by atoms with Crippen LogP contribution in [0, 0.1) is 0 Å². The molecular weight excluding hydrogens is 230 g/mol. The fourth-order valence-corrected chi connectivity index (χ4v) is 1.83. The van der Waals surface area contributed by atoms with Gasteiger partial charge >= 0.3 is 5.97 Å². The summed E-state index contributed by atoms with van der Waals surface area (Å²) in [6.45, 7) is 2.65. The summed E-state index contributed by atoms with van der Waals surface area (Å²) in [5, 5.41) is 11.3. The Hall–Kier alpha value is -1.78. The highest BCUT2D eigenvalue weighted by Gasteiger charge is 2.22. The minimum absolute atomic E-state index is 0.253. The maximum atomic E-state index is 11.8. The fraction of sp³-hybridized carbons (Fsp3) is 0.538. The molecule has 0 N–H and O–H groups in total. The Kier molecular flexibility index (Phi) is 4.39. The molecule has 2 rings (SSSR count). The average molecular weight is 247 g/mol. The van der Waals surface area contributed by atoms with Crippen LogP contribution in [-0.2, 0) is 9.53 Å². The van der Waals surface area contributed by atoms with Gasteiger partial charge in [0.15, 0.2) is 0 Å². The van der Waals surface area contributed by atoms with Gasteiger partial charge in [0.1, 0.15) is 5.70 Å². The Bertz CT molecular complexity index is 447. The van der Waals surface area contributed by atoms with Gasteiger partial charge < -0.3 is 4.74 Å². The lowest BCUT2D eigenvalue weighted by atomic mass is 10.0. The number of fused-ring (bicyclic) bond motifs is 1. The summed E-state index contributed by atoms with van der Waals surface area (Å²) >= 11 is 0. The lowest BCUT2D eigenvalue weighted by molar-refractivity contribution is -0.139. The number of nitrogens with zero attached hydrogens (tertiary/aromatic N) is 3. The molecule has 0 spiro atoms. The van der Waals surface area contributed by atoms with Crippen molar-refractivity contribution in [2.24, 2.45) is 15.4 Å². The summed E-state index contributed by atoms with van der Waals surface area (Å²) in [4.78, 5) is 11.8. The summed E-state index contributed by atoms with van der Waals surface area (Å²) in [5.74, 6) is -0.253. The second-order valence-electron chi connectivity index (χ2n) is 4.35. The van der Waals surface area contributed by atoms with E-state index in [1.54, 1.807) is 12.2 Å². The van der Waals surface area contributed by atoms with Crippen molar-refractivity contribution in [2.45, 2.75) is 39.0 Å². The first-order valence-corrected chi connectivity index (χ1v) is 6.37. The number of unbranched alkanes of at least 4 members (excludes halogenated alkanes) is 3. The molecule has 0 saturated carbocycles. The molecule has 0 radical (unpaired) electrons. The highest BCUT2D eigenvalue weighted by molar-refractivity contribution is 6.08. The molecule has 0 amide bonds. The minimum Gasteiger partial charge on any atom is -0.462 e. The second-order valence-corrected chi connectivity index (χ2v) is 4.35. The predicted molar refractivity (Wildman–Crippen MR) is 68.2 cm³/mol. The van der Waals surface area contributed by atoms with Crippen LogP contribution in [-0.4, -0.2) is 18.3 Å². The SMILES string of the molecule is CCCCCCOC(=O)C1=CC=C2N=NN=C2C1. The predicted octanol–water partition coefficient (Wildman–Crippen LogP) is 3.15. The quantitative estimate of drug-likeness (QED) is 0.534. The summed E-state index contributed by atoms with van der Waals surface area (Å²) in [5.41, 5.74) is 2.12. The van der Waals surface area contributed by atoms with Crippen LogP contribution in [0.5, 0.6) is 0 Å². The Morgan fingerprint density at radius 3 is 3.06 bits per heavy atom. The molecule has 1 aliphatic heterocycles. The van der Waals surface area contributed by atoms with Crippen molar-refractivity contribution < 1.29 is 9.53 Å². The van der Waals surface area contributed by atoms with Gasteiger partial charge in [0.25, 0.3) is 0 Å². The lowest BCUT2D eigenvalue weighted by Gasteiger charge is -2.10. The number of carbonyl (C=O) groups is 1. The number of allylic oxidation sites excluding steroid dienone is 3. The van der Waals surface area contributed by atoms with Crippen molar-refractivity contribution in [3.8, 4) is 0 Å². The van der Waals surface area contributed by atoms with Crippen LogP contribution in [0.15, 0.2) is 38.9 Å². The minimum atomic E-state index is -0.253. The zero-order valence-corrected chi connectivity index (χ0v) is 10.6. The van der Waals surface area contributed by atoms with E-state index in [-0.39, 0.29) is 5.97 Å². The lowest BCUT2D eigenvalue weighted by Crippen LogP contribution is -2.14. The third-order valence-electron chi connectivity index (χ3n) is 2.91. The van der Waals surface area contributed by atoms with Crippen molar-refractivity contribution in [2.75, 3.05) is 6.61 Å². The van der Waals surface area contributed by atoms with Gasteiger partial charge in [0.2, 0.25) is 0 Å². The van der Waals surface area contributed by atoms with E-state index in [0.717, 1.165) is 24.3 Å². The van der Waals surface area contributed by atoms with Gasteiger partial charge in [-0.3, -0.25) is 0 Å². The Labute approximate surface area is 106 Å². The number of esters is 1. The highest BCUT2D eigenvalue weighted by Crippen LogP contribution is 2.22. The molecule has 96 valence electrons. The van der Waals surface area contributed by atoms with Gasteiger partial charge in [-0.1, -0.05) is 26.2 Å². The van der Waals surface area contributed by atoms with Crippen LogP contribution in [0.25, 0.3) is 0 Å². The third-order valence-corrected chi connectivity index (χ3v) is 2.91. The second kappa shape index (κ2) is 6.23. The number of hydrogen-bond donors (Lipinski definition) is 0. The van der Waals surface area contributed by atoms with Crippen molar-refractivity contribution in [3.63, 3.8) is 0 Å². The number of ether oxygens (including phenoxy) is 1. The Morgan fingerprint density at radius 1 is 1.33 bits per heavy atom. The molecule has 0 aromatic rings. The zero-order valence-electron chi connectivity index (χ0n) is 10.6. The first kappa shape index (κ1) is 12.7. The Balaban J connectivity index is 1.77. The van der Waals surface area contributed by atoms with Crippen molar-refractivity contribution in [1.82, 2.24) is 0 Å². The molecule has 0 atom stereocenters. The maximum absolute atomic E-state index is 11.8. The van der Waals surface area contributed by atoms with E-state index < -0.39 is 0 Å². The monoisotopic (exact) mass is 247 g/mol. The van der Waals surface area contributed by atoms with Crippen LogP contribution >= 0.6 is 0 Å². The number of carbonyl (C=O) groups excluding carboxylic acids is 1. The van der Waals surface area contributed by atoms with E-state index in [2.05, 4.69) is 22.4 Å². The smallest absolute Gasteiger partial charge is 0.334 e. The first-order chi connectivity index (χ1) is 8.81. The van der Waals surface area contributed by atoms with E-state index in [4.69, 9.17) is 4.74 Å². The molecular formula is C13H17N3O2. The summed E-state index contributed by atoms with van der Waals surface area (Å²) < 4.78 is 5.22. The van der Waals surface area contributed by atoms with Crippen LogP contribution in [0.2, 0.25) is 0 Å². The number of hydrogen-bond acceptors (Lipinski definition) is 5. The molecule has 0 aromatic heterocycles. The molecule has 5 nitrogen and oxygen atoms in total. The van der Waals surface area contributed by atoms with Crippen LogP contribution in [0.4, 0.5) is 0 Å². The summed E-state index contributed by atoms with van der Waals surface area (Å²) in [7, 11) is 0. The van der Waals surface area contributed by atoms with Crippen LogP contribution in [0.1, 0.15) is 39.0 Å². The zero-order chi connectivity index (χ0) is 12.8. The first-order valence-electron chi connectivity index (χ1n) is 6.37. The van der Waals surface area contributed by atoms with E-state index in [1.165, 1.54) is 12.8 Å². The van der Waals surface area contributed by atoms with Crippen LogP contribution < -0.4 is 0 Å². The normalized spacial score (nSPS) is 16.8. The van der Waals surface area contributed by atoms with Gasteiger partial charge in [0.05, 0.1) is 12.3 Å². The molecule has 18 heavy (non-hydrogen) atoms. The summed E-state index contributed by atoms with van der Waals surface area (Å²) in [6.07, 6.45) is 8.37.